The number of nitrogens with zero attached hydrogens (tertiary/aromatic N) is 3. The predicted molar refractivity (Wildman–Crippen MR) is 132 cm³/mol. The van der Waals surface area contributed by atoms with E-state index in [1.165, 1.54) is 17.0 Å². The van der Waals surface area contributed by atoms with Crippen LogP contribution in [0.4, 0.5) is 11.6 Å². The second-order valence-corrected chi connectivity index (χ2v) is 10.1. The third-order valence-corrected chi connectivity index (χ3v) is 5.23. The van der Waals surface area contributed by atoms with Crippen molar-refractivity contribution in [2.24, 2.45) is 0 Å². The van der Waals surface area contributed by atoms with Gasteiger partial charge in [0, 0.05) is 17.7 Å². The summed E-state index contributed by atoms with van der Waals surface area (Å²) in [5.41, 5.74) is 10.3. The number of hydrogen-bond donors (Lipinski definition) is 11. The van der Waals surface area contributed by atoms with Gasteiger partial charge in [-0.3, -0.25) is 19.1 Å². The van der Waals surface area contributed by atoms with Crippen molar-refractivity contribution in [2.45, 2.75) is 31.3 Å². The predicted octanol–water partition coefficient (Wildman–Crippen LogP) is -2.37. The van der Waals surface area contributed by atoms with Gasteiger partial charge in [-0.1, -0.05) is 12.1 Å². The van der Waals surface area contributed by atoms with E-state index in [0.29, 0.717) is 5.56 Å². The molecule has 0 amide bonds. The molecule has 4 rings (SSSR count). The number of ether oxygens (including phenoxy) is 1. The molecule has 19 nitrogen and oxygen atoms in total. The Kier molecular flexibility index (Phi) is 9.88. The van der Waals surface area contributed by atoms with Gasteiger partial charge >= 0.3 is 15.6 Å². The third kappa shape index (κ3) is 8.46. The molecule has 1 aliphatic rings. The van der Waals surface area contributed by atoms with Crippen LogP contribution in [0, 0.1) is 6.92 Å². The van der Waals surface area contributed by atoms with Crippen LogP contribution in [0.3, 0.4) is 0 Å². The topological polar surface area (TPSA) is 338 Å². The fourth-order valence-electron chi connectivity index (χ4n) is 3.61. The zero-order chi connectivity index (χ0) is 29.9. The monoisotopic (exact) mass is 596 g/mol. The highest BCUT2D eigenvalue weighted by molar-refractivity contribution is 7.45. The van der Waals surface area contributed by atoms with Gasteiger partial charge in [-0.2, -0.15) is 4.98 Å². The quantitative estimate of drug-likeness (QED) is 0.0851. The number of ketones is 1. The number of anilines is 2. The van der Waals surface area contributed by atoms with Crippen LogP contribution in [-0.4, -0.2) is 83.2 Å². The Morgan fingerprint density at radius 2 is 1.74 bits per heavy atom. The van der Waals surface area contributed by atoms with E-state index in [0.717, 1.165) is 0 Å². The maximum atomic E-state index is 13.2. The Morgan fingerprint density at radius 1 is 1.18 bits per heavy atom. The lowest BCUT2D eigenvalue weighted by Crippen LogP contribution is -2.48. The molecule has 0 unspecified atom stereocenters. The van der Waals surface area contributed by atoms with E-state index in [4.69, 9.17) is 54.7 Å². The van der Waals surface area contributed by atoms with Gasteiger partial charge in [-0.15, -0.1) is 0 Å². The highest BCUT2D eigenvalue weighted by Crippen LogP contribution is 2.40. The Labute approximate surface area is 217 Å². The molecule has 0 bridgehead atoms. The van der Waals surface area contributed by atoms with Gasteiger partial charge in [0.2, 0.25) is 5.95 Å². The van der Waals surface area contributed by atoms with Gasteiger partial charge in [0.05, 0.1) is 12.9 Å². The van der Waals surface area contributed by atoms with Gasteiger partial charge in [-0.25, -0.2) is 14.1 Å². The number of rotatable bonds is 4. The number of H-pyrrole nitrogens is 1. The molecule has 3 heterocycles. The molecule has 0 radical (unpaired) electrons. The van der Waals surface area contributed by atoms with Crippen LogP contribution >= 0.6 is 15.6 Å². The lowest BCUT2D eigenvalue weighted by Gasteiger charge is -2.26. The SMILES string of the molecule is Cc1cccc(C(=O)[C@]2(O)C[C@H](n3cnc4c(=O)[nH]c(N)nc43)O[C@@H]2CO)c1N.O=P(O)(O)O.O=P(O)(O)O. The van der Waals surface area contributed by atoms with Crippen LogP contribution in [0.25, 0.3) is 11.2 Å². The van der Waals surface area contributed by atoms with Gasteiger partial charge in [0.15, 0.2) is 22.5 Å². The number of nitrogens with two attached hydrogens (primary N) is 2. The normalized spacial score (nSPS) is 21.1. The van der Waals surface area contributed by atoms with Crippen molar-refractivity contribution in [1.82, 2.24) is 19.5 Å². The molecule has 0 saturated carbocycles. The largest absolute Gasteiger partial charge is 0.466 e. The molecule has 1 aliphatic heterocycles. The number of Topliss-reactive ketones (excluding diaryl/α,β-unsaturated/α-hetero) is 1. The molecule has 216 valence electrons. The summed E-state index contributed by atoms with van der Waals surface area (Å²) in [6.45, 7) is 1.14. The van der Waals surface area contributed by atoms with E-state index in [2.05, 4.69) is 15.0 Å². The summed E-state index contributed by atoms with van der Waals surface area (Å²) < 4.78 is 24.9. The highest BCUT2D eigenvalue weighted by atomic mass is 31.2. The number of carbonyl (C=O) groups is 1. The van der Waals surface area contributed by atoms with Crippen molar-refractivity contribution in [3.05, 3.63) is 46.0 Å². The number of nitrogen functional groups attached to an aromatic ring is 2. The first-order valence-corrected chi connectivity index (χ1v) is 13.6. The number of benzene rings is 1. The van der Waals surface area contributed by atoms with Crippen molar-refractivity contribution in [3.63, 3.8) is 0 Å². The Morgan fingerprint density at radius 3 is 2.28 bits per heavy atom. The van der Waals surface area contributed by atoms with E-state index in [1.54, 1.807) is 19.1 Å². The number of aromatic nitrogens is 4. The average Bonchev–Trinajstić information content (AvgIpc) is 3.34. The summed E-state index contributed by atoms with van der Waals surface area (Å²) in [7, 11) is -9.28. The average molecular weight is 596 g/mol. The number of aryl methyl sites for hydroxylation is 1. The van der Waals surface area contributed by atoms with Crippen LogP contribution in [0.1, 0.15) is 28.6 Å². The first-order chi connectivity index (χ1) is 17.8. The Bertz CT molecular complexity index is 1460. The molecule has 1 saturated heterocycles. The lowest BCUT2D eigenvalue weighted by atomic mass is 9.85. The number of imidazole rings is 1. The van der Waals surface area contributed by atoms with Gasteiger partial charge in [0.1, 0.15) is 12.3 Å². The van der Waals surface area contributed by atoms with Crippen molar-refractivity contribution in [3.8, 4) is 0 Å². The molecule has 21 heteroatoms. The van der Waals surface area contributed by atoms with E-state index in [1.807, 2.05) is 0 Å². The summed E-state index contributed by atoms with van der Waals surface area (Å²) >= 11 is 0. The molecular weight excluding hydrogens is 570 g/mol. The fraction of sp³-hybridized carbons (Fsp3) is 0.333. The van der Waals surface area contributed by atoms with E-state index in [-0.39, 0.29) is 34.8 Å². The summed E-state index contributed by atoms with van der Waals surface area (Å²) in [5, 5.41) is 21.0. The van der Waals surface area contributed by atoms with Crippen LogP contribution < -0.4 is 17.0 Å². The highest BCUT2D eigenvalue weighted by Gasteiger charge is 2.53. The van der Waals surface area contributed by atoms with Gasteiger partial charge in [-0.05, 0) is 18.6 Å². The fourth-order valence-corrected chi connectivity index (χ4v) is 3.61. The van der Waals surface area contributed by atoms with Gasteiger partial charge < -0.3 is 55.8 Å². The number of aliphatic hydroxyl groups excluding tert-OH is 1. The molecule has 3 atom stereocenters. The van der Waals surface area contributed by atoms with Crippen LogP contribution in [0.5, 0.6) is 0 Å². The smallest absolute Gasteiger partial charge is 0.398 e. The molecule has 39 heavy (non-hydrogen) atoms. The lowest BCUT2D eigenvalue weighted by molar-refractivity contribution is -0.0674. The maximum Gasteiger partial charge on any atom is 0.466 e. The molecule has 1 aromatic carbocycles. The van der Waals surface area contributed by atoms with Crippen molar-refractivity contribution < 1.29 is 58.2 Å². The first-order valence-electron chi connectivity index (χ1n) is 10.4. The van der Waals surface area contributed by atoms with E-state index >= 15 is 0 Å². The number of fused-ring (bicyclic) bond motifs is 1. The maximum absolute atomic E-state index is 13.2. The summed E-state index contributed by atoms with van der Waals surface area (Å²) in [6.07, 6.45) is -1.02. The van der Waals surface area contributed by atoms with Crippen LogP contribution in [0.15, 0.2) is 29.3 Å². The van der Waals surface area contributed by atoms with Crippen molar-refractivity contribution in [1.29, 1.82) is 0 Å². The Hall–Kier alpha value is -3.06. The number of aliphatic hydroxyl groups is 2. The molecular formula is C18H26N6O13P2. The van der Waals surface area contributed by atoms with Gasteiger partial charge in [0.25, 0.3) is 5.56 Å². The van der Waals surface area contributed by atoms with Crippen molar-refractivity contribution >= 4 is 44.2 Å². The minimum absolute atomic E-state index is 0.0352. The van der Waals surface area contributed by atoms with E-state index in [9.17, 15) is 19.8 Å². The van der Waals surface area contributed by atoms with Crippen LogP contribution in [0.2, 0.25) is 0 Å². The zero-order valence-corrected chi connectivity index (χ0v) is 21.7. The third-order valence-electron chi connectivity index (χ3n) is 5.23. The standard InChI is InChI=1S/C18H20N6O5.2H3O4P/c1-8-3-2-4-9(12(8)19)14(26)18(28)5-11(29-10(18)6-25)24-7-21-13-15(24)22-17(20)23-16(13)27;2*1-5(2,3)4/h2-4,7,10-11,25,28H,5-6,19H2,1H3,(H3,20,22,23,27);2*(H3,1,2,3,4)/t10-,11-,18+;;/m1../s1. The number of phosphoric acid groups is 2. The van der Waals surface area contributed by atoms with Crippen LogP contribution in [-0.2, 0) is 13.9 Å². The zero-order valence-electron chi connectivity index (χ0n) is 19.9. The Balaban J connectivity index is 0.000000458. The number of carbonyl (C=O) groups excluding carboxylic acids is 1. The molecule has 0 spiro atoms. The van der Waals surface area contributed by atoms with Crippen molar-refractivity contribution in [2.75, 3.05) is 18.1 Å². The molecule has 13 N–H and O–H groups in total. The molecule has 2 aromatic heterocycles. The summed E-state index contributed by atoms with van der Waals surface area (Å²) in [5.74, 6) is -0.769. The second-order valence-electron chi connectivity index (χ2n) is 8.06. The minimum atomic E-state index is -4.64. The number of para-hydroxylation sites is 1. The molecule has 3 aromatic rings. The minimum Gasteiger partial charge on any atom is -0.398 e. The number of hydrogen-bond acceptors (Lipinski definition) is 11. The summed E-state index contributed by atoms with van der Waals surface area (Å²) in [4.78, 5) is 78.7. The molecule has 1 fully saturated rings. The molecule has 0 aliphatic carbocycles. The number of aromatic amines is 1. The number of nitrogens with one attached hydrogen (secondary N) is 1. The summed E-state index contributed by atoms with van der Waals surface area (Å²) in [6, 6.07) is 4.92. The van der Waals surface area contributed by atoms with E-state index < -0.39 is 51.5 Å². The first kappa shape index (κ1) is 32.2. The second kappa shape index (κ2) is 12.0.